The minimum atomic E-state index is -0.253. The number of amides is 3. The molecule has 0 radical (unpaired) electrons. The molecule has 130 valence electrons. The quantitative estimate of drug-likeness (QED) is 0.774. The normalized spacial score (nSPS) is 13.5. The molecule has 0 saturated carbocycles. The fourth-order valence-corrected chi connectivity index (χ4v) is 2.66. The number of phenolic OH excluding ortho intramolecular Hbond substituents is 1. The van der Waals surface area contributed by atoms with Gasteiger partial charge in [0, 0.05) is 30.9 Å². The van der Waals surface area contributed by atoms with Crippen LogP contribution in [0.3, 0.4) is 0 Å². The van der Waals surface area contributed by atoms with Gasteiger partial charge in [0.05, 0.1) is 7.11 Å². The van der Waals surface area contributed by atoms with Crippen molar-refractivity contribution < 1.29 is 19.4 Å². The van der Waals surface area contributed by atoms with Gasteiger partial charge in [-0.3, -0.25) is 9.69 Å². The fourth-order valence-electron chi connectivity index (χ4n) is 2.66. The van der Waals surface area contributed by atoms with E-state index >= 15 is 0 Å². The molecule has 1 saturated heterocycles. The van der Waals surface area contributed by atoms with Crippen LogP contribution in [-0.2, 0) is 6.54 Å². The molecule has 2 aromatic rings. The number of ether oxygens (including phenoxy) is 1. The van der Waals surface area contributed by atoms with Crippen LogP contribution in [0.4, 0.5) is 10.5 Å². The number of nitrogens with one attached hydrogen (secondary N) is 2. The van der Waals surface area contributed by atoms with Crippen LogP contribution < -0.4 is 20.3 Å². The first-order chi connectivity index (χ1) is 12.1. The first-order valence-electron chi connectivity index (χ1n) is 7.88. The molecule has 25 heavy (non-hydrogen) atoms. The SMILES string of the molecule is COc1ccc(CNC(=O)c2cccc(N3CCNC3=O)c2)cc1O. The highest BCUT2D eigenvalue weighted by Gasteiger charge is 2.21. The first-order valence-corrected chi connectivity index (χ1v) is 7.88. The highest BCUT2D eigenvalue weighted by molar-refractivity contribution is 5.98. The van der Waals surface area contributed by atoms with Gasteiger partial charge in [0.15, 0.2) is 11.5 Å². The molecule has 1 aliphatic heterocycles. The van der Waals surface area contributed by atoms with E-state index in [1.165, 1.54) is 7.11 Å². The van der Waals surface area contributed by atoms with Gasteiger partial charge in [-0.05, 0) is 35.9 Å². The first kappa shape index (κ1) is 16.6. The molecule has 2 aromatic carbocycles. The Morgan fingerprint density at radius 3 is 2.84 bits per heavy atom. The number of nitrogens with zero attached hydrogens (tertiary/aromatic N) is 1. The molecule has 3 N–H and O–H groups in total. The summed E-state index contributed by atoms with van der Waals surface area (Å²) in [5, 5.41) is 15.3. The Labute approximate surface area is 145 Å². The zero-order chi connectivity index (χ0) is 17.8. The average Bonchev–Trinajstić information content (AvgIpc) is 3.06. The van der Waals surface area contributed by atoms with Crippen LogP contribution in [0, 0.1) is 0 Å². The molecule has 0 spiro atoms. The summed E-state index contributed by atoms with van der Waals surface area (Å²) in [6, 6.07) is 11.7. The molecule has 3 amide bonds. The van der Waals surface area contributed by atoms with Crippen LogP contribution in [0.15, 0.2) is 42.5 Å². The maximum absolute atomic E-state index is 12.4. The van der Waals surface area contributed by atoms with Crippen LogP contribution >= 0.6 is 0 Å². The van der Waals surface area contributed by atoms with Crippen LogP contribution in [0.2, 0.25) is 0 Å². The number of hydrogen-bond donors (Lipinski definition) is 3. The van der Waals surface area contributed by atoms with Gasteiger partial charge in [-0.2, -0.15) is 0 Å². The van der Waals surface area contributed by atoms with Crippen LogP contribution in [0.25, 0.3) is 0 Å². The number of aromatic hydroxyl groups is 1. The number of benzene rings is 2. The Bertz CT molecular complexity index is 807. The number of anilines is 1. The summed E-state index contributed by atoms with van der Waals surface area (Å²) in [6.45, 7) is 1.44. The molecule has 0 aliphatic carbocycles. The van der Waals surface area contributed by atoms with E-state index in [1.807, 2.05) is 0 Å². The van der Waals surface area contributed by atoms with E-state index in [-0.39, 0.29) is 24.2 Å². The lowest BCUT2D eigenvalue weighted by molar-refractivity contribution is 0.0951. The van der Waals surface area contributed by atoms with Gasteiger partial charge < -0.3 is 20.5 Å². The van der Waals surface area contributed by atoms with Crippen LogP contribution in [-0.4, -0.2) is 37.2 Å². The number of hydrogen-bond acceptors (Lipinski definition) is 4. The summed E-state index contributed by atoms with van der Waals surface area (Å²) in [6.07, 6.45) is 0. The number of rotatable bonds is 5. The van der Waals surface area contributed by atoms with E-state index < -0.39 is 0 Å². The molecule has 0 aromatic heterocycles. The van der Waals surface area contributed by atoms with Crippen molar-refractivity contribution in [3.8, 4) is 11.5 Å². The van der Waals surface area contributed by atoms with Crippen molar-refractivity contribution in [3.05, 3.63) is 53.6 Å². The Morgan fingerprint density at radius 1 is 1.32 bits per heavy atom. The van der Waals surface area contributed by atoms with Gasteiger partial charge in [-0.15, -0.1) is 0 Å². The molecule has 3 rings (SSSR count). The van der Waals surface area contributed by atoms with Gasteiger partial charge >= 0.3 is 6.03 Å². The van der Waals surface area contributed by atoms with Gasteiger partial charge in [0.1, 0.15) is 0 Å². The highest BCUT2D eigenvalue weighted by Crippen LogP contribution is 2.26. The zero-order valence-electron chi connectivity index (χ0n) is 13.8. The summed E-state index contributed by atoms with van der Waals surface area (Å²) in [5.74, 6) is 0.153. The Morgan fingerprint density at radius 2 is 2.16 bits per heavy atom. The zero-order valence-corrected chi connectivity index (χ0v) is 13.8. The molecule has 0 atom stereocenters. The van der Waals surface area contributed by atoms with Gasteiger partial charge in [-0.25, -0.2) is 4.79 Å². The van der Waals surface area contributed by atoms with Crippen molar-refractivity contribution >= 4 is 17.6 Å². The maximum Gasteiger partial charge on any atom is 0.321 e. The van der Waals surface area contributed by atoms with Crippen molar-refractivity contribution in [2.24, 2.45) is 0 Å². The molecule has 7 nitrogen and oxygen atoms in total. The summed E-state index contributed by atoms with van der Waals surface area (Å²) >= 11 is 0. The van der Waals surface area contributed by atoms with Crippen molar-refractivity contribution in [3.63, 3.8) is 0 Å². The molecule has 0 unspecified atom stereocenters. The van der Waals surface area contributed by atoms with Crippen molar-refractivity contribution in [1.29, 1.82) is 0 Å². The number of carbonyl (C=O) groups excluding carboxylic acids is 2. The summed E-state index contributed by atoms with van der Waals surface area (Å²) in [7, 11) is 1.48. The van der Waals surface area contributed by atoms with Crippen molar-refractivity contribution in [2.45, 2.75) is 6.54 Å². The van der Waals surface area contributed by atoms with E-state index in [0.717, 1.165) is 5.56 Å². The van der Waals surface area contributed by atoms with Gasteiger partial charge in [0.25, 0.3) is 5.91 Å². The number of methoxy groups -OCH3 is 1. The third-order valence-corrected chi connectivity index (χ3v) is 3.97. The second-order valence-corrected chi connectivity index (χ2v) is 5.62. The van der Waals surface area contributed by atoms with Crippen LogP contribution in [0.5, 0.6) is 11.5 Å². The molecule has 1 fully saturated rings. The van der Waals surface area contributed by atoms with E-state index in [4.69, 9.17) is 4.74 Å². The predicted octanol–water partition coefficient (Wildman–Crippen LogP) is 1.86. The summed E-state index contributed by atoms with van der Waals surface area (Å²) in [5.41, 5.74) is 1.90. The average molecular weight is 341 g/mol. The Balaban J connectivity index is 1.67. The predicted molar refractivity (Wildman–Crippen MR) is 93.0 cm³/mol. The molecule has 1 heterocycles. The van der Waals surface area contributed by atoms with E-state index in [9.17, 15) is 14.7 Å². The highest BCUT2D eigenvalue weighted by atomic mass is 16.5. The standard InChI is InChI=1S/C18H19N3O4/c1-25-16-6-5-12(9-15(16)22)11-20-17(23)13-3-2-4-14(10-13)21-8-7-19-18(21)24/h2-6,9-10,22H,7-8,11H2,1H3,(H,19,24)(H,20,23). The summed E-state index contributed by atoms with van der Waals surface area (Å²) in [4.78, 5) is 25.7. The minimum absolute atomic E-state index is 0.0243. The fraction of sp³-hybridized carbons (Fsp3) is 0.222. The summed E-state index contributed by atoms with van der Waals surface area (Å²) < 4.78 is 4.99. The number of carbonyl (C=O) groups is 2. The number of urea groups is 1. The third kappa shape index (κ3) is 3.65. The van der Waals surface area contributed by atoms with Gasteiger partial charge in [-0.1, -0.05) is 12.1 Å². The minimum Gasteiger partial charge on any atom is -0.504 e. The smallest absolute Gasteiger partial charge is 0.321 e. The Hall–Kier alpha value is -3.22. The molecular weight excluding hydrogens is 322 g/mol. The van der Waals surface area contributed by atoms with Gasteiger partial charge in [0.2, 0.25) is 0 Å². The second kappa shape index (κ2) is 7.12. The Kier molecular flexibility index (Phi) is 4.74. The monoisotopic (exact) mass is 341 g/mol. The topological polar surface area (TPSA) is 90.9 Å². The lowest BCUT2D eigenvalue weighted by Gasteiger charge is -2.15. The maximum atomic E-state index is 12.4. The molecule has 7 heteroatoms. The third-order valence-electron chi connectivity index (χ3n) is 3.97. The van der Waals surface area contributed by atoms with E-state index in [0.29, 0.717) is 30.1 Å². The van der Waals surface area contributed by atoms with Crippen molar-refractivity contribution in [1.82, 2.24) is 10.6 Å². The van der Waals surface area contributed by atoms with E-state index in [1.54, 1.807) is 47.4 Å². The largest absolute Gasteiger partial charge is 0.504 e. The number of phenols is 1. The lowest BCUT2D eigenvalue weighted by atomic mass is 10.1. The van der Waals surface area contributed by atoms with Crippen molar-refractivity contribution in [2.75, 3.05) is 25.1 Å². The molecule has 0 bridgehead atoms. The lowest BCUT2D eigenvalue weighted by Crippen LogP contribution is -2.28. The van der Waals surface area contributed by atoms with Crippen LogP contribution in [0.1, 0.15) is 15.9 Å². The second-order valence-electron chi connectivity index (χ2n) is 5.62. The molecule has 1 aliphatic rings. The van der Waals surface area contributed by atoms with E-state index in [2.05, 4.69) is 10.6 Å². The molecular formula is C18H19N3O4.